The second kappa shape index (κ2) is 7.86. The summed E-state index contributed by atoms with van der Waals surface area (Å²) in [6, 6.07) is 3.14. The molecule has 1 fully saturated rings. The molecule has 1 saturated heterocycles. The van der Waals surface area contributed by atoms with E-state index in [0.29, 0.717) is 37.5 Å². The molecule has 0 bridgehead atoms. The van der Waals surface area contributed by atoms with Gasteiger partial charge in [0.15, 0.2) is 0 Å². The Morgan fingerprint density at radius 2 is 2.05 bits per heavy atom. The third-order valence-corrected chi connectivity index (χ3v) is 3.62. The first-order valence-electron chi connectivity index (χ1n) is 7.33. The van der Waals surface area contributed by atoms with Crippen molar-refractivity contribution < 1.29 is 14.3 Å². The van der Waals surface area contributed by atoms with Gasteiger partial charge in [0.1, 0.15) is 5.69 Å². The fourth-order valence-corrected chi connectivity index (χ4v) is 2.23. The number of carbonyl (C=O) groups excluding carboxylic acids is 2. The van der Waals surface area contributed by atoms with E-state index in [1.807, 2.05) is 7.05 Å². The maximum Gasteiger partial charge on any atom is 0.272 e. The van der Waals surface area contributed by atoms with Gasteiger partial charge in [0.05, 0.1) is 6.61 Å². The fraction of sp³-hybridized carbons (Fsp3) is 0.533. The molecule has 120 valence electrons. The average Bonchev–Trinajstić information content (AvgIpc) is 2.55. The van der Waals surface area contributed by atoms with Gasteiger partial charge in [-0.05, 0) is 19.2 Å². The highest BCUT2D eigenvalue weighted by Crippen LogP contribution is 2.08. The Balaban J connectivity index is 2.01. The van der Waals surface area contributed by atoms with Crippen molar-refractivity contribution in [3.63, 3.8) is 0 Å². The maximum atomic E-state index is 12.4. The van der Waals surface area contributed by atoms with Crippen molar-refractivity contribution >= 4 is 11.8 Å². The number of ether oxygens (including phenoxy) is 1. The van der Waals surface area contributed by atoms with Crippen molar-refractivity contribution in [2.75, 3.05) is 53.5 Å². The molecule has 0 radical (unpaired) electrons. The molecule has 2 heterocycles. The molecule has 0 aliphatic carbocycles. The summed E-state index contributed by atoms with van der Waals surface area (Å²) in [6.07, 6.45) is 1.49. The smallest absolute Gasteiger partial charge is 0.272 e. The topological polar surface area (TPSA) is 74.8 Å². The third kappa shape index (κ3) is 4.25. The van der Waals surface area contributed by atoms with Crippen molar-refractivity contribution in [1.29, 1.82) is 0 Å². The van der Waals surface area contributed by atoms with E-state index in [9.17, 15) is 9.59 Å². The van der Waals surface area contributed by atoms with E-state index >= 15 is 0 Å². The van der Waals surface area contributed by atoms with Gasteiger partial charge in [-0.25, -0.2) is 0 Å². The second-order valence-electron chi connectivity index (χ2n) is 5.27. The number of likely N-dealkylation sites (N-methyl/N-ethyl adjacent to an activating group) is 1. The van der Waals surface area contributed by atoms with Gasteiger partial charge in [0, 0.05) is 51.6 Å². The first-order valence-corrected chi connectivity index (χ1v) is 7.33. The molecular weight excluding hydrogens is 284 g/mol. The van der Waals surface area contributed by atoms with E-state index in [1.165, 1.54) is 6.20 Å². The van der Waals surface area contributed by atoms with Gasteiger partial charge in [0.2, 0.25) is 0 Å². The van der Waals surface area contributed by atoms with Gasteiger partial charge in [0.25, 0.3) is 11.8 Å². The van der Waals surface area contributed by atoms with Gasteiger partial charge < -0.3 is 19.9 Å². The number of nitrogens with one attached hydrogen (secondary N) is 1. The molecular formula is C15H22N4O3. The molecule has 0 saturated carbocycles. The first-order chi connectivity index (χ1) is 10.6. The number of hydrogen-bond acceptors (Lipinski definition) is 5. The molecule has 0 aromatic carbocycles. The summed E-state index contributed by atoms with van der Waals surface area (Å²) >= 11 is 0. The second-order valence-corrected chi connectivity index (χ2v) is 5.27. The van der Waals surface area contributed by atoms with E-state index in [1.54, 1.807) is 24.1 Å². The minimum absolute atomic E-state index is 0.125. The lowest BCUT2D eigenvalue weighted by Gasteiger charge is -2.32. The van der Waals surface area contributed by atoms with Crippen LogP contribution < -0.4 is 5.32 Å². The van der Waals surface area contributed by atoms with Gasteiger partial charge in [-0.15, -0.1) is 0 Å². The molecule has 0 spiro atoms. The summed E-state index contributed by atoms with van der Waals surface area (Å²) in [6.45, 7) is 3.94. The van der Waals surface area contributed by atoms with E-state index in [-0.39, 0.29) is 11.8 Å². The summed E-state index contributed by atoms with van der Waals surface area (Å²) in [5, 5.41) is 2.73. The molecule has 0 atom stereocenters. The van der Waals surface area contributed by atoms with Gasteiger partial charge in [-0.1, -0.05) is 0 Å². The van der Waals surface area contributed by atoms with Crippen molar-refractivity contribution in [2.45, 2.75) is 0 Å². The lowest BCUT2D eigenvalue weighted by molar-refractivity contribution is 0.0658. The van der Waals surface area contributed by atoms with Crippen molar-refractivity contribution in [3.8, 4) is 0 Å². The first kappa shape index (κ1) is 16.4. The van der Waals surface area contributed by atoms with Gasteiger partial charge in [-0.2, -0.15) is 0 Å². The van der Waals surface area contributed by atoms with Crippen LogP contribution in [0.3, 0.4) is 0 Å². The number of aromatic nitrogens is 1. The summed E-state index contributed by atoms with van der Waals surface area (Å²) in [5.74, 6) is -0.355. The van der Waals surface area contributed by atoms with E-state index in [4.69, 9.17) is 4.74 Å². The highest BCUT2D eigenvalue weighted by molar-refractivity contribution is 5.98. The molecule has 1 aliphatic rings. The van der Waals surface area contributed by atoms with Crippen molar-refractivity contribution in [3.05, 3.63) is 29.6 Å². The highest BCUT2D eigenvalue weighted by Gasteiger charge is 2.22. The minimum Gasteiger partial charge on any atom is -0.383 e. The van der Waals surface area contributed by atoms with Gasteiger partial charge in [-0.3, -0.25) is 14.6 Å². The summed E-state index contributed by atoms with van der Waals surface area (Å²) in [4.78, 5) is 32.5. The Morgan fingerprint density at radius 1 is 1.32 bits per heavy atom. The minimum atomic E-state index is -0.230. The molecule has 22 heavy (non-hydrogen) atoms. The van der Waals surface area contributed by atoms with Gasteiger partial charge >= 0.3 is 0 Å². The molecule has 0 unspecified atom stereocenters. The van der Waals surface area contributed by atoms with Crippen LogP contribution in [0.1, 0.15) is 20.8 Å². The number of amides is 2. The van der Waals surface area contributed by atoms with Crippen LogP contribution >= 0.6 is 0 Å². The van der Waals surface area contributed by atoms with Crippen molar-refractivity contribution in [2.24, 2.45) is 0 Å². The van der Waals surface area contributed by atoms with Crippen LogP contribution in [0.5, 0.6) is 0 Å². The van der Waals surface area contributed by atoms with Crippen LogP contribution in [-0.2, 0) is 4.74 Å². The molecule has 7 nitrogen and oxygen atoms in total. The SMILES string of the molecule is COCCNC(=O)c1ccnc(C(=O)N2CCN(C)CC2)c1. The standard InChI is InChI=1S/C15H22N4O3/c1-18-6-8-19(9-7-18)15(21)13-11-12(3-4-16-13)14(20)17-5-10-22-2/h3-4,11H,5-10H2,1-2H3,(H,17,20). The molecule has 1 aromatic rings. The van der Waals surface area contributed by atoms with Crippen molar-refractivity contribution in [1.82, 2.24) is 20.1 Å². The average molecular weight is 306 g/mol. The zero-order valence-electron chi connectivity index (χ0n) is 13.0. The predicted molar refractivity (Wildman–Crippen MR) is 81.8 cm³/mol. The number of methoxy groups -OCH3 is 1. The molecule has 1 N–H and O–H groups in total. The summed E-state index contributed by atoms with van der Waals surface area (Å²) < 4.78 is 4.89. The van der Waals surface area contributed by atoms with E-state index < -0.39 is 0 Å². The Hall–Kier alpha value is -1.99. The van der Waals surface area contributed by atoms with Crippen LogP contribution in [-0.4, -0.2) is 80.1 Å². The van der Waals surface area contributed by atoms with Crippen LogP contribution in [0.15, 0.2) is 18.3 Å². The van der Waals surface area contributed by atoms with Crippen LogP contribution in [0.2, 0.25) is 0 Å². The summed E-state index contributed by atoms with van der Waals surface area (Å²) in [7, 11) is 3.61. The zero-order valence-corrected chi connectivity index (χ0v) is 13.0. The van der Waals surface area contributed by atoms with Crippen LogP contribution in [0, 0.1) is 0 Å². The Labute approximate surface area is 130 Å². The molecule has 7 heteroatoms. The fourth-order valence-electron chi connectivity index (χ4n) is 2.23. The van der Waals surface area contributed by atoms with Crippen LogP contribution in [0.25, 0.3) is 0 Å². The van der Waals surface area contributed by atoms with E-state index in [2.05, 4.69) is 15.2 Å². The lowest BCUT2D eigenvalue weighted by Crippen LogP contribution is -2.47. The predicted octanol–water partition coefficient (Wildman–Crippen LogP) is -0.155. The number of piperazine rings is 1. The Kier molecular flexibility index (Phi) is 5.85. The number of hydrogen-bond donors (Lipinski definition) is 1. The molecule has 2 rings (SSSR count). The largest absolute Gasteiger partial charge is 0.383 e. The highest BCUT2D eigenvalue weighted by atomic mass is 16.5. The normalized spacial score (nSPS) is 15.6. The maximum absolute atomic E-state index is 12.4. The summed E-state index contributed by atoms with van der Waals surface area (Å²) in [5.41, 5.74) is 0.743. The number of nitrogens with zero attached hydrogens (tertiary/aromatic N) is 3. The number of rotatable bonds is 5. The Morgan fingerprint density at radius 3 is 2.73 bits per heavy atom. The zero-order chi connectivity index (χ0) is 15.9. The van der Waals surface area contributed by atoms with E-state index in [0.717, 1.165) is 13.1 Å². The molecule has 1 aliphatic heterocycles. The molecule has 2 amide bonds. The molecule has 1 aromatic heterocycles. The van der Waals surface area contributed by atoms with Crippen LogP contribution in [0.4, 0.5) is 0 Å². The lowest BCUT2D eigenvalue weighted by atomic mass is 10.2. The quantitative estimate of drug-likeness (QED) is 0.766. The third-order valence-electron chi connectivity index (χ3n) is 3.62. The monoisotopic (exact) mass is 306 g/mol. The Bertz CT molecular complexity index is 527. The number of pyridine rings is 1. The number of carbonyl (C=O) groups is 2.